The largest absolute Gasteiger partial charge is 0.455 e. The number of para-hydroxylation sites is 6. The third-order valence-corrected chi connectivity index (χ3v) is 23.7. The summed E-state index contributed by atoms with van der Waals surface area (Å²) in [6.07, 6.45) is 0. The summed E-state index contributed by atoms with van der Waals surface area (Å²) < 4.78 is 24.9. The fourth-order valence-electron chi connectivity index (χ4n) is 18.0. The van der Waals surface area contributed by atoms with E-state index in [1.807, 2.05) is 109 Å². The van der Waals surface area contributed by atoms with E-state index in [4.69, 9.17) is 43.2 Å². The van der Waals surface area contributed by atoms with E-state index >= 15 is 0 Å². The molecule has 0 atom stereocenters. The van der Waals surface area contributed by atoms with Crippen LogP contribution in [0.5, 0.6) is 0 Å². The van der Waals surface area contributed by atoms with Gasteiger partial charge in [0, 0.05) is 81.7 Å². The molecule has 25 rings (SSSR count). The topological polar surface area (TPSA) is 127 Å². The third kappa shape index (κ3) is 11.6. The van der Waals surface area contributed by atoms with E-state index in [1.165, 1.54) is 48.7 Å². The van der Waals surface area contributed by atoms with Gasteiger partial charge in [0.05, 0.1) is 39.0 Å². The lowest BCUT2D eigenvalue weighted by Crippen LogP contribution is -2.00. The average molecular weight is 1550 g/mol. The minimum atomic E-state index is 0.554. The van der Waals surface area contributed by atoms with E-state index in [9.17, 15) is 0 Å². The van der Waals surface area contributed by atoms with Crippen molar-refractivity contribution < 1.29 is 13.3 Å². The molecule has 7 aromatic heterocycles. The Labute approximate surface area is 692 Å². The molecule has 25 aromatic rings. The SMILES string of the molecule is c1ccc(-c2ccc(-c3nc(-c4ccccc4)nc(-c4ccc(-c5ccc(-n6c7ccccc7c7c8ccccc8ccc76)c6oc7ccccc7c56)cc4)n3)cc2)cc1.c1ccc(-c2nc(-c3ccc(-c4ccc(-n5c6ccccc6c6cc7ccccc7cc65)c5oc6ccccc6c45)cc3)nc(-c3cccc4c3oc3ccccc34)n2)cc1. The van der Waals surface area contributed by atoms with Crippen molar-refractivity contribution in [3.63, 3.8) is 0 Å². The molecule has 11 nitrogen and oxygen atoms in total. The van der Waals surface area contributed by atoms with Crippen molar-refractivity contribution in [2.45, 2.75) is 0 Å². The van der Waals surface area contributed by atoms with E-state index in [2.05, 4.69) is 300 Å². The summed E-state index contributed by atoms with van der Waals surface area (Å²) in [6, 6.07) is 139. The molecule has 7 heterocycles. The Hall–Kier alpha value is -16.5. The Morgan fingerprint density at radius 3 is 1.07 bits per heavy atom. The molecule has 0 unspecified atom stereocenters. The first-order chi connectivity index (χ1) is 60.0. The number of nitrogens with zero attached hydrogens (tertiary/aromatic N) is 8. The standard InChI is InChI=1S/C55H32N4O2.C55H34N4O/c1-2-13-34(14-3-1)53-56-54(58-55(57-53)43-21-12-20-41-40-18-7-10-23-48(40)60-51(41)43)35-27-25-33(26-28-35)38-29-30-46(52-50(38)42-19-8-11-24-49(42)61-52)59-45-22-9-6-17-39(45)44-31-36-15-4-5-16-37(36)32-47(44)59;1-3-13-35(14-4-1)36-23-27-40(28-24-36)54-56-53(39-16-5-2-6-17-39)57-55(58-54)41-29-25-38(26-30-41)43-32-34-48(52-51(43)45-20-10-12-22-49(45)60-52)59-46-21-11-9-19-44(46)50-42-18-8-7-15-37(42)31-33-47(50)59/h1-32H;1-34H. The van der Waals surface area contributed by atoms with Gasteiger partial charge in [0.15, 0.2) is 46.1 Å². The predicted molar refractivity (Wildman–Crippen MR) is 494 cm³/mol. The molecule has 0 saturated carbocycles. The van der Waals surface area contributed by atoms with Crippen LogP contribution >= 0.6 is 0 Å². The molecule has 0 aliphatic carbocycles. The van der Waals surface area contributed by atoms with Crippen LogP contribution in [0.4, 0.5) is 0 Å². The molecule has 0 aliphatic rings. The van der Waals surface area contributed by atoms with Crippen molar-refractivity contribution >= 4 is 131 Å². The molecule has 0 bridgehead atoms. The summed E-state index contributed by atoms with van der Waals surface area (Å²) in [5.41, 5.74) is 23.5. The molecule has 0 saturated heterocycles. The van der Waals surface area contributed by atoms with Crippen LogP contribution in [-0.4, -0.2) is 39.0 Å². The molecule has 0 amide bonds. The highest BCUT2D eigenvalue weighted by molar-refractivity contribution is 6.24. The number of rotatable bonds is 11. The molecule has 0 radical (unpaired) electrons. The van der Waals surface area contributed by atoms with Gasteiger partial charge in [-0.15, -0.1) is 0 Å². The van der Waals surface area contributed by atoms with Crippen LogP contribution in [0.15, 0.2) is 414 Å². The van der Waals surface area contributed by atoms with Gasteiger partial charge < -0.3 is 22.4 Å². The van der Waals surface area contributed by atoms with Crippen LogP contribution in [0.2, 0.25) is 0 Å². The van der Waals surface area contributed by atoms with Gasteiger partial charge in [0.2, 0.25) is 0 Å². The highest BCUT2D eigenvalue weighted by Crippen LogP contribution is 2.48. The minimum Gasteiger partial charge on any atom is -0.455 e. The lowest BCUT2D eigenvalue weighted by molar-refractivity contribution is 0.666. The van der Waals surface area contributed by atoms with Crippen molar-refractivity contribution in [1.82, 2.24) is 39.0 Å². The first-order valence-electron chi connectivity index (χ1n) is 40.6. The second kappa shape index (κ2) is 28.2. The fraction of sp³-hybridized carbons (Fsp3) is 0. The normalized spacial score (nSPS) is 11.8. The van der Waals surface area contributed by atoms with Crippen molar-refractivity contribution in [3.05, 3.63) is 400 Å². The molecule has 564 valence electrons. The number of benzene rings is 18. The van der Waals surface area contributed by atoms with E-state index in [-0.39, 0.29) is 0 Å². The average Bonchev–Trinajstić information content (AvgIpc) is 1.56. The van der Waals surface area contributed by atoms with Crippen LogP contribution in [0, 0.1) is 0 Å². The second-order valence-electron chi connectivity index (χ2n) is 30.7. The number of aromatic nitrogens is 8. The van der Waals surface area contributed by atoms with E-state index < -0.39 is 0 Å². The molecule has 121 heavy (non-hydrogen) atoms. The number of hydrogen-bond donors (Lipinski definition) is 0. The summed E-state index contributed by atoms with van der Waals surface area (Å²) >= 11 is 0. The Morgan fingerprint density at radius 2 is 0.537 bits per heavy atom. The monoisotopic (exact) mass is 1550 g/mol. The van der Waals surface area contributed by atoms with E-state index in [1.54, 1.807) is 0 Å². The van der Waals surface area contributed by atoms with Crippen LogP contribution in [0.1, 0.15) is 0 Å². The summed E-state index contributed by atoms with van der Waals surface area (Å²) in [5.74, 6) is 3.60. The van der Waals surface area contributed by atoms with Crippen LogP contribution in [0.25, 0.3) is 244 Å². The fourth-order valence-corrected chi connectivity index (χ4v) is 18.0. The van der Waals surface area contributed by atoms with Gasteiger partial charge in [0.1, 0.15) is 22.3 Å². The zero-order valence-electron chi connectivity index (χ0n) is 64.9. The predicted octanol–water partition coefficient (Wildman–Crippen LogP) is 28.9. The summed E-state index contributed by atoms with van der Waals surface area (Å²) in [4.78, 5) is 30.2. The first kappa shape index (κ1) is 68.9. The zero-order chi connectivity index (χ0) is 79.6. The molecular formula is C110H66N8O3. The van der Waals surface area contributed by atoms with Crippen LogP contribution < -0.4 is 0 Å². The summed E-state index contributed by atoms with van der Waals surface area (Å²) in [7, 11) is 0. The molecule has 11 heteroatoms. The zero-order valence-corrected chi connectivity index (χ0v) is 64.9. The lowest BCUT2D eigenvalue weighted by Gasteiger charge is -2.12. The van der Waals surface area contributed by atoms with E-state index in [0.29, 0.717) is 34.9 Å². The number of hydrogen-bond acceptors (Lipinski definition) is 9. The molecule has 0 N–H and O–H groups in total. The van der Waals surface area contributed by atoms with Gasteiger partial charge in [-0.1, -0.05) is 334 Å². The molecule has 0 fully saturated rings. The first-order valence-corrected chi connectivity index (χ1v) is 40.6. The summed E-state index contributed by atoms with van der Waals surface area (Å²) in [5, 5.41) is 16.1. The smallest absolute Gasteiger partial charge is 0.167 e. The maximum absolute atomic E-state index is 6.85. The van der Waals surface area contributed by atoms with Crippen molar-refractivity contribution in [3.8, 4) is 113 Å². The molecular weight excluding hydrogens is 1480 g/mol. The Kier molecular flexibility index (Phi) is 16.0. The van der Waals surface area contributed by atoms with Gasteiger partial charge >= 0.3 is 0 Å². The van der Waals surface area contributed by atoms with Gasteiger partial charge in [-0.2, -0.15) is 0 Å². The highest BCUT2D eigenvalue weighted by Gasteiger charge is 2.26. The lowest BCUT2D eigenvalue weighted by atomic mass is 9.97. The maximum Gasteiger partial charge on any atom is 0.167 e. The summed E-state index contributed by atoms with van der Waals surface area (Å²) in [6.45, 7) is 0. The van der Waals surface area contributed by atoms with E-state index in [0.717, 1.165) is 160 Å². The Bertz CT molecular complexity index is 8440. The molecule has 0 spiro atoms. The Morgan fingerprint density at radius 1 is 0.174 bits per heavy atom. The number of fused-ring (bicyclic) bond motifs is 18. The Balaban J connectivity index is 0.000000137. The highest BCUT2D eigenvalue weighted by atomic mass is 16.3. The second-order valence-corrected chi connectivity index (χ2v) is 30.7. The van der Waals surface area contributed by atoms with Gasteiger partial charge in [-0.3, -0.25) is 0 Å². The quantitative estimate of drug-likeness (QED) is 0.124. The van der Waals surface area contributed by atoms with Gasteiger partial charge in [0.25, 0.3) is 0 Å². The molecule has 0 aliphatic heterocycles. The van der Waals surface area contributed by atoms with Crippen molar-refractivity contribution in [1.29, 1.82) is 0 Å². The molecule has 18 aromatic carbocycles. The minimum absolute atomic E-state index is 0.554. The number of furan rings is 3. The van der Waals surface area contributed by atoms with Crippen molar-refractivity contribution in [2.75, 3.05) is 0 Å². The van der Waals surface area contributed by atoms with Crippen LogP contribution in [-0.2, 0) is 0 Å². The third-order valence-electron chi connectivity index (χ3n) is 23.7. The van der Waals surface area contributed by atoms with Gasteiger partial charge in [-0.05, 0) is 122 Å². The van der Waals surface area contributed by atoms with Crippen molar-refractivity contribution in [2.24, 2.45) is 0 Å². The van der Waals surface area contributed by atoms with Crippen LogP contribution in [0.3, 0.4) is 0 Å². The maximum atomic E-state index is 6.85. The van der Waals surface area contributed by atoms with Gasteiger partial charge in [-0.25, -0.2) is 29.9 Å².